The Morgan fingerprint density at radius 2 is 2.10 bits per heavy atom. The zero-order valence-electron chi connectivity index (χ0n) is 11.2. The highest BCUT2D eigenvalue weighted by atomic mass is 79.9. The molecule has 5 nitrogen and oxygen atoms in total. The Labute approximate surface area is 125 Å². The predicted molar refractivity (Wildman–Crippen MR) is 80.1 cm³/mol. The summed E-state index contributed by atoms with van der Waals surface area (Å²) in [7, 11) is 0. The summed E-state index contributed by atoms with van der Waals surface area (Å²) in [5, 5.41) is 14.7. The lowest BCUT2D eigenvalue weighted by molar-refractivity contribution is 0.0698. The van der Waals surface area contributed by atoms with Crippen molar-refractivity contribution in [2.75, 3.05) is 5.32 Å². The molecule has 0 unspecified atom stereocenters. The number of hydrogen-bond donors (Lipinski definition) is 3. The third-order valence-electron chi connectivity index (χ3n) is 3.83. The van der Waals surface area contributed by atoms with Gasteiger partial charge in [-0.2, -0.15) is 0 Å². The van der Waals surface area contributed by atoms with Gasteiger partial charge in [-0.15, -0.1) is 0 Å². The van der Waals surface area contributed by atoms with Gasteiger partial charge in [0.25, 0.3) is 0 Å². The molecule has 1 fully saturated rings. The smallest absolute Gasteiger partial charge is 0.337 e. The average molecular weight is 341 g/mol. The molecule has 1 aromatic carbocycles. The number of nitrogens with one attached hydrogen (secondary N) is 2. The maximum atomic E-state index is 12.0. The number of carbonyl (C=O) groups excluding carboxylic acids is 1. The fourth-order valence-electron chi connectivity index (χ4n) is 2.37. The second-order valence-electron chi connectivity index (χ2n) is 5.06. The highest BCUT2D eigenvalue weighted by Gasteiger charge is 2.36. The highest BCUT2D eigenvalue weighted by Crippen LogP contribution is 2.34. The lowest BCUT2D eigenvalue weighted by atomic mass is 9.75. The average Bonchev–Trinajstić information content (AvgIpc) is 2.36. The number of hydrogen-bond acceptors (Lipinski definition) is 2. The van der Waals surface area contributed by atoms with Crippen LogP contribution in [-0.2, 0) is 0 Å². The molecule has 0 bridgehead atoms. The monoisotopic (exact) mass is 340 g/mol. The Balaban J connectivity index is 2.10. The van der Waals surface area contributed by atoms with Crippen molar-refractivity contribution in [3.05, 3.63) is 28.2 Å². The van der Waals surface area contributed by atoms with Crippen molar-refractivity contribution in [1.82, 2.24) is 5.32 Å². The van der Waals surface area contributed by atoms with Crippen LogP contribution in [0.2, 0.25) is 0 Å². The number of halogens is 1. The topological polar surface area (TPSA) is 78.4 Å². The van der Waals surface area contributed by atoms with Crippen molar-refractivity contribution < 1.29 is 14.7 Å². The Hall–Kier alpha value is -1.56. The van der Waals surface area contributed by atoms with Gasteiger partial charge in [-0.05, 0) is 43.9 Å². The molecule has 0 saturated heterocycles. The van der Waals surface area contributed by atoms with E-state index in [-0.39, 0.29) is 17.1 Å². The van der Waals surface area contributed by atoms with Crippen LogP contribution in [0.5, 0.6) is 0 Å². The van der Waals surface area contributed by atoms with Gasteiger partial charge in [0.1, 0.15) is 0 Å². The van der Waals surface area contributed by atoms with Crippen LogP contribution in [0.3, 0.4) is 0 Å². The Morgan fingerprint density at radius 1 is 1.40 bits per heavy atom. The van der Waals surface area contributed by atoms with Crippen molar-refractivity contribution in [2.24, 2.45) is 0 Å². The molecule has 0 atom stereocenters. The normalized spacial score (nSPS) is 16.1. The number of rotatable bonds is 4. The van der Waals surface area contributed by atoms with Crippen LogP contribution in [0.25, 0.3) is 0 Å². The molecule has 1 aliphatic carbocycles. The van der Waals surface area contributed by atoms with Crippen molar-refractivity contribution >= 4 is 33.6 Å². The molecular weight excluding hydrogens is 324 g/mol. The third-order valence-corrected chi connectivity index (χ3v) is 4.32. The van der Waals surface area contributed by atoms with Gasteiger partial charge in [0.15, 0.2) is 0 Å². The molecule has 0 aliphatic heterocycles. The molecule has 0 radical (unpaired) electrons. The molecule has 6 heteroatoms. The van der Waals surface area contributed by atoms with Crippen molar-refractivity contribution in [3.8, 4) is 0 Å². The van der Waals surface area contributed by atoms with E-state index in [9.17, 15) is 9.59 Å². The van der Waals surface area contributed by atoms with Gasteiger partial charge in [0, 0.05) is 10.0 Å². The number of urea groups is 1. The fourth-order valence-corrected chi connectivity index (χ4v) is 2.73. The lowest BCUT2D eigenvalue weighted by Gasteiger charge is -2.41. The number of carbonyl (C=O) groups is 2. The number of carboxylic acids is 1. The highest BCUT2D eigenvalue weighted by molar-refractivity contribution is 9.10. The summed E-state index contributed by atoms with van der Waals surface area (Å²) >= 11 is 3.22. The first-order chi connectivity index (χ1) is 9.46. The summed E-state index contributed by atoms with van der Waals surface area (Å²) in [6, 6.07) is 4.39. The molecule has 108 valence electrons. The number of benzene rings is 1. The van der Waals surface area contributed by atoms with E-state index in [1.165, 1.54) is 6.07 Å². The van der Waals surface area contributed by atoms with Crippen LogP contribution in [0, 0.1) is 0 Å². The Kier molecular flexibility index (Phi) is 4.32. The van der Waals surface area contributed by atoms with Crippen LogP contribution in [0.1, 0.15) is 43.0 Å². The van der Waals surface area contributed by atoms with Crippen molar-refractivity contribution in [1.29, 1.82) is 0 Å². The van der Waals surface area contributed by atoms with E-state index in [2.05, 4.69) is 26.6 Å². The molecule has 0 heterocycles. The number of amides is 2. The zero-order chi connectivity index (χ0) is 14.8. The standard InChI is InChI=1S/C14H17BrN2O3/c1-2-14(6-3-7-14)17-13(20)16-11-5-4-9(15)8-10(11)12(18)19/h4-5,8H,2-3,6-7H2,1H3,(H,18,19)(H2,16,17,20). The maximum Gasteiger partial charge on any atom is 0.337 e. The van der Waals surface area contributed by atoms with E-state index in [4.69, 9.17) is 5.11 Å². The summed E-state index contributed by atoms with van der Waals surface area (Å²) in [6.07, 6.45) is 3.95. The summed E-state index contributed by atoms with van der Waals surface area (Å²) in [6.45, 7) is 2.04. The van der Waals surface area contributed by atoms with E-state index in [1.54, 1.807) is 12.1 Å². The van der Waals surface area contributed by atoms with Gasteiger partial charge in [-0.1, -0.05) is 22.9 Å². The van der Waals surface area contributed by atoms with Gasteiger partial charge >= 0.3 is 12.0 Å². The first-order valence-electron chi connectivity index (χ1n) is 6.58. The van der Waals surface area contributed by atoms with Gasteiger partial charge in [-0.25, -0.2) is 9.59 Å². The number of aromatic carboxylic acids is 1. The van der Waals surface area contributed by atoms with Crippen molar-refractivity contribution in [3.63, 3.8) is 0 Å². The maximum absolute atomic E-state index is 12.0. The largest absolute Gasteiger partial charge is 0.478 e. The van der Waals surface area contributed by atoms with Gasteiger partial charge in [0.2, 0.25) is 0 Å². The van der Waals surface area contributed by atoms with Gasteiger partial charge in [-0.3, -0.25) is 0 Å². The van der Waals surface area contributed by atoms with Crippen LogP contribution in [0.4, 0.5) is 10.5 Å². The Bertz CT molecular complexity index is 536. The molecule has 0 spiro atoms. The SMILES string of the molecule is CCC1(NC(=O)Nc2ccc(Br)cc2C(=O)O)CCC1. The van der Waals surface area contributed by atoms with Crippen molar-refractivity contribution in [2.45, 2.75) is 38.1 Å². The zero-order valence-corrected chi connectivity index (χ0v) is 12.8. The fraction of sp³-hybridized carbons (Fsp3) is 0.429. The van der Waals surface area contributed by atoms with Crippen LogP contribution in [-0.4, -0.2) is 22.6 Å². The molecule has 1 aromatic rings. The first-order valence-corrected chi connectivity index (χ1v) is 7.37. The van der Waals surface area contributed by atoms with E-state index in [1.807, 2.05) is 6.92 Å². The Morgan fingerprint density at radius 3 is 2.60 bits per heavy atom. The molecular formula is C14H17BrN2O3. The molecule has 20 heavy (non-hydrogen) atoms. The van der Waals surface area contributed by atoms with Crippen LogP contribution >= 0.6 is 15.9 Å². The van der Waals surface area contributed by atoms with Crippen LogP contribution < -0.4 is 10.6 Å². The second-order valence-corrected chi connectivity index (χ2v) is 5.98. The van der Waals surface area contributed by atoms with E-state index < -0.39 is 5.97 Å². The molecule has 2 rings (SSSR count). The lowest BCUT2D eigenvalue weighted by Crippen LogP contribution is -2.54. The van der Waals surface area contributed by atoms with Gasteiger partial charge < -0.3 is 15.7 Å². The molecule has 1 aliphatic rings. The quantitative estimate of drug-likeness (QED) is 0.783. The van der Waals surface area contributed by atoms with Crippen LogP contribution in [0.15, 0.2) is 22.7 Å². The summed E-state index contributed by atoms with van der Waals surface area (Å²) in [5.41, 5.74) is 0.237. The molecule has 1 saturated carbocycles. The minimum atomic E-state index is -1.07. The summed E-state index contributed by atoms with van der Waals surface area (Å²) < 4.78 is 0.657. The summed E-state index contributed by atoms with van der Waals surface area (Å²) in [4.78, 5) is 23.2. The van der Waals surface area contributed by atoms with Gasteiger partial charge in [0.05, 0.1) is 11.3 Å². The molecule has 2 amide bonds. The van der Waals surface area contributed by atoms with E-state index in [0.29, 0.717) is 10.2 Å². The predicted octanol–water partition coefficient (Wildman–Crippen LogP) is 3.60. The van der Waals surface area contributed by atoms with E-state index in [0.717, 1.165) is 25.7 Å². The molecule has 3 N–H and O–H groups in total. The minimum absolute atomic E-state index is 0.0636. The van der Waals surface area contributed by atoms with E-state index >= 15 is 0 Å². The summed E-state index contributed by atoms with van der Waals surface area (Å²) in [5.74, 6) is -1.07. The minimum Gasteiger partial charge on any atom is -0.478 e. The second kappa shape index (κ2) is 5.83. The number of anilines is 1. The number of carboxylic acid groups (broad SMARTS) is 1. The third kappa shape index (κ3) is 3.12. The first kappa shape index (κ1) is 14.8. The molecule has 0 aromatic heterocycles.